The topological polar surface area (TPSA) is 46.3 Å². The SMILES string of the molecule is NC1CCC(C(=O)N(Cc2cccc(F)c2)C2CC2)CC1. The van der Waals surface area contributed by atoms with Gasteiger partial charge in [-0.05, 0) is 56.2 Å². The molecule has 0 spiro atoms. The number of carbonyl (C=O) groups is 1. The van der Waals surface area contributed by atoms with Gasteiger partial charge in [-0.25, -0.2) is 4.39 Å². The number of rotatable bonds is 4. The lowest BCUT2D eigenvalue weighted by molar-refractivity contribution is -0.137. The van der Waals surface area contributed by atoms with Crippen molar-refractivity contribution in [3.05, 3.63) is 35.6 Å². The normalized spacial score (nSPS) is 25.6. The van der Waals surface area contributed by atoms with Crippen molar-refractivity contribution >= 4 is 5.91 Å². The Bertz CT molecular complexity index is 507. The maximum absolute atomic E-state index is 13.3. The minimum atomic E-state index is -0.237. The molecule has 3 rings (SSSR count). The summed E-state index contributed by atoms with van der Waals surface area (Å²) in [7, 11) is 0. The van der Waals surface area contributed by atoms with Gasteiger partial charge in [0.1, 0.15) is 5.82 Å². The van der Waals surface area contributed by atoms with E-state index in [9.17, 15) is 9.18 Å². The van der Waals surface area contributed by atoms with E-state index in [1.807, 2.05) is 11.0 Å². The van der Waals surface area contributed by atoms with Crippen LogP contribution in [0.5, 0.6) is 0 Å². The summed E-state index contributed by atoms with van der Waals surface area (Å²) in [5.41, 5.74) is 6.80. The first-order valence-corrected chi connectivity index (χ1v) is 7.94. The standard InChI is InChI=1S/C17H23FN2O/c18-14-3-1-2-12(10-14)11-20(16-8-9-16)17(21)13-4-6-15(19)7-5-13/h1-3,10,13,15-16H,4-9,11,19H2. The molecule has 2 fully saturated rings. The van der Waals surface area contributed by atoms with Crippen LogP contribution < -0.4 is 5.73 Å². The fourth-order valence-corrected chi connectivity index (χ4v) is 3.21. The van der Waals surface area contributed by atoms with Crippen LogP contribution in [0.4, 0.5) is 4.39 Å². The summed E-state index contributed by atoms with van der Waals surface area (Å²) < 4.78 is 13.3. The van der Waals surface area contributed by atoms with Gasteiger partial charge in [-0.3, -0.25) is 4.79 Å². The van der Waals surface area contributed by atoms with Crippen LogP contribution in [-0.2, 0) is 11.3 Å². The Morgan fingerprint density at radius 2 is 1.90 bits per heavy atom. The first kappa shape index (κ1) is 14.5. The van der Waals surface area contributed by atoms with Gasteiger partial charge in [0.15, 0.2) is 0 Å². The van der Waals surface area contributed by atoms with Crippen molar-refractivity contribution in [3.63, 3.8) is 0 Å². The summed E-state index contributed by atoms with van der Waals surface area (Å²) in [6.45, 7) is 0.532. The highest BCUT2D eigenvalue weighted by atomic mass is 19.1. The predicted octanol–water partition coefficient (Wildman–Crippen LogP) is 2.83. The molecular weight excluding hydrogens is 267 g/mol. The van der Waals surface area contributed by atoms with Crippen molar-refractivity contribution in [2.75, 3.05) is 0 Å². The summed E-state index contributed by atoms with van der Waals surface area (Å²) in [5, 5.41) is 0. The van der Waals surface area contributed by atoms with E-state index < -0.39 is 0 Å². The first-order chi connectivity index (χ1) is 10.1. The van der Waals surface area contributed by atoms with Crippen LogP contribution in [0.25, 0.3) is 0 Å². The largest absolute Gasteiger partial charge is 0.335 e. The zero-order valence-corrected chi connectivity index (χ0v) is 12.3. The highest BCUT2D eigenvalue weighted by molar-refractivity contribution is 5.79. The molecule has 4 heteroatoms. The summed E-state index contributed by atoms with van der Waals surface area (Å²) in [4.78, 5) is 14.7. The van der Waals surface area contributed by atoms with E-state index in [4.69, 9.17) is 5.73 Å². The van der Waals surface area contributed by atoms with E-state index in [0.717, 1.165) is 44.1 Å². The van der Waals surface area contributed by atoms with Crippen molar-refractivity contribution in [3.8, 4) is 0 Å². The molecule has 2 saturated carbocycles. The van der Waals surface area contributed by atoms with Crippen LogP contribution in [0, 0.1) is 11.7 Å². The van der Waals surface area contributed by atoms with Gasteiger partial charge >= 0.3 is 0 Å². The lowest BCUT2D eigenvalue weighted by Crippen LogP contribution is -2.40. The Morgan fingerprint density at radius 1 is 1.19 bits per heavy atom. The minimum Gasteiger partial charge on any atom is -0.335 e. The summed E-state index contributed by atoms with van der Waals surface area (Å²) in [5.74, 6) is 0.118. The molecule has 114 valence electrons. The van der Waals surface area contributed by atoms with Crippen molar-refractivity contribution in [2.45, 2.75) is 57.2 Å². The van der Waals surface area contributed by atoms with Crippen molar-refractivity contribution in [1.82, 2.24) is 4.90 Å². The Balaban J connectivity index is 1.68. The molecule has 0 saturated heterocycles. The van der Waals surface area contributed by atoms with Gasteiger partial charge in [-0.2, -0.15) is 0 Å². The molecule has 0 radical (unpaired) electrons. The number of benzene rings is 1. The highest BCUT2D eigenvalue weighted by Crippen LogP contribution is 2.33. The predicted molar refractivity (Wildman–Crippen MR) is 79.9 cm³/mol. The lowest BCUT2D eigenvalue weighted by atomic mass is 9.85. The number of halogens is 1. The Hall–Kier alpha value is -1.42. The van der Waals surface area contributed by atoms with Crippen LogP contribution >= 0.6 is 0 Å². The molecule has 3 nitrogen and oxygen atoms in total. The second-order valence-corrected chi connectivity index (χ2v) is 6.44. The second kappa shape index (κ2) is 6.14. The smallest absolute Gasteiger partial charge is 0.226 e. The third-order valence-corrected chi connectivity index (χ3v) is 4.63. The van der Waals surface area contributed by atoms with Gasteiger partial charge in [0.2, 0.25) is 5.91 Å². The van der Waals surface area contributed by atoms with Crippen molar-refractivity contribution in [1.29, 1.82) is 0 Å². The maximum Gasteiger partial charge on any atom is 0.226 e. The van der Waals surface area contributed by atoms with Gasteiger partial charge in [-0.15, -0.1) is 0 Å². The molecule has 0 aromatic heterocycles. The fraction of sp³-hybridized carbons (Fsp3) is 0.588. The molecule has 0 atom stereocenters. The molecule has 0 heterocycles. The van der Waals surface area contributed by atoms with Gasteiger partial charge in [0.25, 0.3) is 0 Å². The van der Waals surface area contributed by atoms with Gasteiger partial charge in [0.05, 0.1) is 0 Å². The third kappa shape index (κ3) is 3.62. The molecule has 1 aromatic carbocycles. The Labute approximate surface area is 125 Å². The van der Waals surface area contributed by atoms with Crippen LogP contribution in [0.2, 0.25) is 0 Å². The molecular formula is C17H23FN2O. The molecule has 0 aliphatic heterocycles. The number of nitrogens with zero attached hydrogens (tertiary/aromatic N) is 1. The van der Waals surface area contributed by atoms with E-state index in [0.29, 0.717) is 12.6 Å². The number of hydrogen-bond acceptors (Lipinski definition) is 2. The van der Waals surface area contributed by atoms with E-state index >= 15 is 0 Å². The van der Waals surface area contributed by atoms with Crippen LogP contribution in [0.1, 0.15) is 44.1 Å². The Morgan fingerprint density at radius 3 is 2.52 bits per heavy atom. The molecule has 2 aliphatic carbocycles. The van der Waals surface area contributed by atoms with Gasteiger partial charge in [0, 0.05) is 24.5 Å². The molecule has 1 aromatic rings. The average Bonchev–Trinajstić information content (AvgIpc) is 3.29. The van der Waals surface area contributed by atoms with E-state index in [1.54, 1.807) is 6.07 Å². The molecule has 1 amide bonds. The first-order valence-electron chi connectivity index (χ1n) is 7.94. The van der Waals surface area contributed by atoms with Crippen molar-refractivity contribution < 1.29 is 9.18 Å². The molecule has 2 N–H and O–H groups in total. The Kier molecular flexibility index (Phi) is 4.24. The second-order valence-electron chi connectivity index (χ2n) is 6.44. The van der Waals surface area contributed by atoms with Gasteiger partial charge < -0.3 is 10.6 Å². The third-order valence-electron chi connectivity index (χ3n) is 4.63. The van der Waals surface area contributed by atoms with Crippen LogP contribution in [0.15, 0.2) is 24.3 Å². The molecule has 2 aliphatic rings. The monoisotopic (exact) mass is 290 g/mol. The fourth-order valence-electron chi connectivity index (χ4n) is 3.21. The van der Waals surface area contributed by atoms with Crippen LogP contribution in [0.3, 0.4) is 0 Å². The average molecular weight is 290 g/mol. The number of carbonyl (C=O) groups excluding carboxylic acids is 1. The van der Waals surface area contributed by atoms with E-state index in [1.165, 1.54) is 12.1 Å². The molecule has 0 bridgehead atoms. The quantitative estimate of drug-likeness (QED) is 0.927. The summed E-state index contributed by atoms with van der Waals surface area (Å²) >= 11 is 0. The lowest BCUT2D eigenvalue weighted by Gasteiger charge is -2.31. The molecule has 0 unspecified atom stereocenters. The highest BCUT2D eigenvalue weighted by Gasteiger charge is 2.36. The minimum absolute atomic E-state index is 0.110. The van der Waals surface area contributed by atoms with E-state index in [-0.39, 0.29) is 23.7 Å². The number of nitrogens with two attached hydrogens (primary N) is 1. The number of hydrogen-bond donors (Lipinski definition) is 1. The summed E-state index contributed by atoms with van der Waals surface area (Å²) in [6.07, 6.45) is 5.82. The maximum atomic E-state index is 13.3. The van der Waals surface area contributed by atoms with E-state index in [2.05, 4.69) is 0 Å². The number of amides is 1. The zero-order chi connectivity index (χ0) is 14.8. The zero-order valence-electron chi connectivity index (χ0n) is 12.3. The van der Waals surface area contributed by atoms with Crippen molar-refractivity contribution in [2.24, 2.45) is 11.7 Å². The van der Waals surface area contributed by atoms with Crippen LogP contribution in [-0.4, -0.2) is 22.9 Å². The van der Waals surface area contributed by atoms with Gasteiger partial charge in [-0.1, -0.05) is 12.1 Å². The molecule has 21 heavy (non-hydrogen) atoms. The summed E-state index contributed by atoms with van der Waals surface area (Å²) in [6, 6.07) is 7.18.